The maximum atomic E-state index is 6.38. The zero-order chi connectivity index (χ0) is 12.7. The molecule has 0 saturated carbocycles. The Balaban J connectivity index is 2.06. The van der Waals surface area contributed by atoms with Gasteiger partial charge in [0.25, 0.3) is 0 Å². The van der Waals surface area contributed by atoms with Crippen molar-refractivity contribution < 1.29 is 4.74 Å². The molecule has 2 N–H and O–H groups in total. The maximum absolute atomic E-state index is 6.38. The van der Waals surface area contributed by atoms with Gasteiger partial charge in [-0.05, 0) is 36.8 Å². The Morgan fingerprint density at radius 3 is 2.94 bits per heavy atom. The fraction of sp³-hybridized carbons (Fsp3) is 0.286. The SMILES string of the molecule is Cc1ccc(C(N)c2cc(Br)cc3c2OCC3)s1. The second-order valence-corrected chi connectivity index (χ2v) is 6.74. The first-order valence-electron chi connectivity index (χ1n) is 5.92. The minimum atomic E-state index is -0.104. The molecular formula is C14H14BrNOS. The van der Waals surface area contributed by atoms with Crippen LogP contribution in [0.1, 0.15) is 26.9 Å². The number of hydrogen-bond donors (Lipinski definition) is 1. The van der Waals surface area contributed by atoms with E-state index in [0.717, 1.165) is 28.8 Å². The molecule has 0 aliphatic carbocycles. The lowest BCUT2D eigenvalue weighted by molar-refractivity contribution is 0.352. The standard InChI is InChI=1S/C14H14BrNOS/c1-8-2-3-12(18-8)13(16)11-7-10(15)6-9-4-5-17-14(9)11/h2-3,6-7,13H,4-5,16H2,1H3. The first-order valence-corrected chi connectivity index (χ1v) is 7.53. The quantitative estimate of drug-likeness (QED) is 0.912. The number of halogens is 1. The summed E-state index contributed by atoms with van der Waals surface area (Å²) in [6.45, 7) is 2.86. The number of ether oxygens (including phenoxy) is 1. The molecular weight excluding hydrogens is 310 g/mol. The minimum absolute atomic E-state index is 0.104. The van der Waals surface area contributed by atoms with Crippen molar-refractivity contribution in [3.63, 3.8) is 0 Å². The van der Waals surface area contributed by atoms with Crippen LogP contribution in [-0.2, 0) is 6.42 Å². The summed E-state index contributed by atoms with van der Waals surface area (Å²) in [6.07, 6.45) is 0.970. The summed E-state index contributed by atoms with van der Waals surface area (Å²) in [5, 5.41) is 0. The first-order chi connectivity index (χ1) is 8.65. The second kappa shape index (κ2) is 4.68. The molecule has 0 fully saturated rings. The van der Waals surface area contributed by atoms with Crippen LogP contribution in [0, 0.1) is 6.92 Å². The molecule has 1 unspecified atom stereocenters. The number of thiophene rings is 1. The summed E-state index contributed by atoms with van der Waals surface area (Å²) in [6, 6.07) is 8.31. The van der Waals surface area contributed by atoms with Crippen molar-refractivity contribution in [1.29, 1.82) is 0 Å². The van der Waals surface area contributed by atoms with Crippen LogP contribution in [0.3, 0.4) is 0 Å². The number of benzene rings is 1. The Hall–Kier alpha value is -0.840. The molecule has 0 bridgehead atoms. The van der Waals surface area contributed by atoms with Gasteiger partial charge in [0.1, 0.15) is 5.75 Å². The van der Waals surface area contributed by atoms with Crippen molar-refractivity contribution in [2.45, 2.75) is 19.4 Å². The highest BCUT2D eigenvalue weighted by molar-refractivity contribution is 9.10. The van der Waals surface area contributed by atoms with Crippen LogP contribution in [0.15, 0.2) is 28.7 Å². The van der Waals surface area contributed by atoms with Crippen LogP contribution in [0.4, 0.5) is 0 Å². The van der Waals surface area contributed by atoms with E-state index in [1.165, 1.54) is 15.3 Å². The topological polar surface area (TPSA) is 35.2 Å². The van der Waals surface area contributed by atoms with Crippen LogP contribution in [-0.4, -0.2) is 6.61 Å². The van der Waals surface area contributed by atoms with Crippen LogP contribution < -0.4 is 10.5 Å². The predicted octanol–water partition coefficient (Wildman–Crippen LogP) is 3.80. The first kappa shape index (κ1) is 12.2. The van der Waals surface area contributed by atoms with E-state index in [2.05, 4.69) is 47.1 Å². The van der Waals surface area contributed by atoms with Crippen LogP contribution in [0.2, 0.25) is 0 Å². The predicted molar refractivity (Wildman–Crippen MR) is 78.4 cm³/mol. The van der Waals surface area contributed by atoms with Crippen molar-refractivity contribution in [2.75, 3.05) is 6.61 Å². The Morgan fingerprint density at radius 1 is 1.39 bits per heavy atom. The third-order valence-electron chi connectivity index (χ3n) is 3.18. The molecule has 0 radical (unpaired) electrons. The molecule has 0 saturated heterocycles. The van der Waals surface area contributed by atoms with Crippen LogP contribution in [0.25, 0.3) is 0 Å². The smallest absolute Gasteiger partial charge is 0.127 e. The number of rotatable bonds is 2. The molecule has 2 heterocycles. The van der Waals surface area contributed by atoms with Gasteiger partial charge in [0.15, 0.2) is 0 Å². The average Bonchev–Trinajstić information content (AvgIpc) is 2.95. The van der Waals surface area contributed by atoms with Crippen molar-refractivity contribution in [2.24, 2.45) is 5.73 Å². The van der Waals surface area contributed by atoms with Gasteiger partial charge in [-0.3, -0.25) is 0 Å². The van der Waals surface area contributed by atoms with Gasteiger partial charge in [-0.2, -0.15) is 0 Å². The third-order valence-corrected chi connectivity index (χ3v) is 4.72. The summed E-state index contributed by atoms with van der Waals surface area (Å²) < 4.78 is 6.81. The molecule has 0 amide bonds. The number of aryl methyl sites for hydroxylation is 1. The zero-order valence-electron chi connectivity index (χ0n) is 10.1. The Bertz CT molecular complexity index is 593. The normalized spacial score (nSPS) is 15.3. The van der Waals surface area contributed by atoms with Crippen molar-refractivity contribution in [3.05, 3.63) is 49.6 Å². The van der Waals surface area contributed by atoms with Gasteiger partial charge in [-0.15, -0.1) is 11.3 Å². The number of nitrogens with two attached hydrogens (primary N) is 1. The molecule has 1 aromatic heterocycles. The molecule has 2 aromatic rings. The van der Waals surface area contributed by atoms with Gasteiger partial charge in [0, 0.05) is 26.2 Å². The molecule has 1 aromatic carbocycles. The van der Waals surface area contributed by atoms with Gasteiger partial charge in [-0.1, -0.05) is 15.9 Å². The zero-order valence-corrected chi connectivity index (χ0v) is 12.5. The van der Waals surface area contributed by atoms with Gasteiger partial charge < -0.3 is 10.5 Å². The van der Waals surface area contributed by atoms with E-state index in [-0.39, 0.29) is 6.04 Å². The summed E-state index contributed by atoms with van der Waals surface area (Å²) in [7, 11) is 0. The summed E-state index contributed by atoms with van der Waals surface area (Å²) in [5.74, 6) is 0.983. The largest absolute Gasteiger partial charge is 0.493 e. The highest BCUT2D eigenvalue weighted by atomic mass is 79.9. The molecule has 1 aliphatic heterocycles. The highest BCUT2D eigenvalue weighted by Gasteiger charge is 2.22. The van der Waals surface area contributed by atoms with Gasteiger partial charge >= 0.3 is 0 Å². The van der Waals surface area contributed by atoms with E-state index in [4.69, 9.17) is 10.5 Å². The van der Waals surface area contributed by atoms with E-state index in [0.29, 0.717) is 0 Å². The number of fused-ring (bicyclic) bond motifs is 1. The van der Waals surface area contributed by atoms with Crippen LogP contribution >= 0.6 is 27.3 Å². The van der Waals surface area contributed by atoms with E-state index in [9.17, 15) is 0 Å². The second-order valence-electron chi connectivity index (χ2n) is 4.51. The maximum Gasteiger partial charge on any atom is 0.127 e. The molecule has 94 valence electrons. The van der Waals surface area contributed by atoms with Crippen LogP contribution in [0.5, 0.6) is 5.75 Å². The van der Waals surface area contributed by atoms with E-state index < -0.39 is 0 Å². The van der Waals surface area contributed by atoms with Gasteiger partial charge in [0.2, 0.25) is 0 Å². The van der Waals surface area contributed by atoms with Gasteiger partial charge in [-0.25, -0.2) is 0 Å². The fourth-order valence-electron chi connectivity index (χ4n) is 2.30. The fourth-order valence-corrected chi connectivity index (χ4v) is 3.72. The highest BCUT2D eigenvalue weighted by Crippen LogP contribution is 2.39. The molecule has 18 heavy (non-hydrogen) atoms. The lowest BCUT2D eigenvalue weighted by atomic mass is 10.0. The van der Waals surface area contributed by atoms with Crippen molar-refractivity contribution >= 4 is 27.3 Å². The minimum Gasteiger partial charge on any atom is -0.493 e. The van der Waals surface area contributed by atoms with Crippen molar-refractivity contribution in [3.8, 4) is 5.75 Å². The lowest BCUT2D eigenvalue weighted by Crippen LogP contribution is -2.11. The molecule has 1 atom stereocenters. The Kier molecular flexibility index (Phi) is 3.18. The van der Waals surface area contributed by atoms with Gasteiger partial charge in [0.05, 0.1) is 12.6 Å². The summed E-state index contributed by atoms with van der Waals surface area (Å²) in [4.78, 5) is 2.47. The third kappa shape index (κ3) is 2.09. The molecule has 0 spiro atoms. The van der Waals surface area contributed by atoms with E-state index >= 15 is 0 Å². The molecule has 3 rings (SSSR count). The molecule has 1 aliphatic rings. The Morgan fingerprint density at radius 2 is 2.22 bits per heavy atom. The molecule has 2 nitrogen and oxygen atoms in total. The monoisotopic (exact) mass is 323 g/mol. The average molecular weight is 324 g/mol. The lowest BCUT2D eigenvalue weighted by Gasteiger charge is -2.15. The summed E-state index contributed by atoms with van der Waals surface area (Å²) in [5.41, 5.74) is 8.72. The van der Waals surface area contributed by atoms with Crippen molar-refractivity contribution in [1.82, 2.24) is 0 Å². The van der Waals surface area contributed by atoms with E-state index in [1.807, 2.05) is 0 Å². The molecule has 4 heteroatoms. The Labute approximate surface area is 119 Å². The summed E-state index contributed by atoms with van der Waals surface area (Å²) >= 11 is 5.30. The number of hydrogen-bond acceptors (Lipinski definition) is 3. The van der Waals surface area contributed by atoms with E-state index in [1.54, 1.807) is 11.3 Å².